The van der Waals surface area contributed by atoms with Crippen molar-refractivity contribution in [2.45, 2.75) is 33.7 Å². The number of pyridine rings is 1. The molecule has 0 aliphatic heterocycles. The van der Waals surface area contributed by atoms with Crippen LogP contribution < -0.4 is 10.1 Å². The fraction of sp³-hybridized carbons (Fsp3) is 0.421. The van der Waals surface area contributed by atoms with E-state index in [0.717, 1.165) is 16.8 Å². The monoisotopic (exact) mass is 380 g/mol. The highest BCUT2D eigenvalue weighted by Gasteiger charge is 2.12. The first-order valence-corrected chi connectivity index (χ1v) is 10.1. The third-order valence-electron chi connectivity index (χ3n) is 3.65. The minimum absolute atomic E-state index is 0.0948. The van der Waals surface area contributed by atoms with E-state index in [1.165, 1.54) is 0 Å². The summed E-state index contributed by atoms with van der Waals surface area (Å²) in [5, 5.41) is 13.2. The van der Waals surface area contributed by atoms with Gasteiger partial charge in [-0.05, 0) is 50.1 Å². The summed E-state index contributed by atoms with van der Waals surface area (Å²) in [6.07, 6.45) is 4.18. The van der Waals surface area contributed by atoms with E-state index < -0.39 is 8.03 Å². The Morgan fingerprint density at radius 1 is 1.35 bits per heavy atom. The van der Waals surface area contributed by atoms with Crippen LogP contribution in [0.4, 0.5) is 5.69 Å². The van der Waals surface area contributed by atoms with Crippen LogP contribution in [0.25, 0.3) is 0 Å². The maximum Gasteiger partial charge on any atom is 0.191 e. The first-order valence-electron chi connectivity index (χ1n) is 8.62. The maximum atomic E-state index is 10.4. The molecule has 2 atom stereocenters. The lowest BCUT2D eigenvalue weighted by atomic mass is 10.0. The van der Waals surface area contributed by atoms with Crippen LogP contribution in [-0.2, 0) is 9.09 Å². The highest BCUT2D eigenvalue weighted by atomic mass is 31.1. The van der Waals surface area contributed by atoms with Crippen LogP contribution in [-0.4, -0.2) is 30.0 Å². The average Bonchev–Trinajstić information content (AvgIpc) is 2.65. The number of rotatable bonds is 7. The Bertz CT molecular complexity index is 695. The number of aromatic nitrogens is 1. The minimum Gasteiger partial charge on any atom is -0.504 e. The van der Waals surface area contributed by atoms with E-state index in [1.54, 1.807) is 19.5 Å². The zero-order chi connectivity index (χ0) is 19.5. The Kier molecular flexibility index (Phi) is 9.78. The molecular formula is C19H29N2O4P. The fourth-order valence-corrected chi connectivity index (χ4v) is 2.75. The zero-order valence-corrected chi connectivity index (χ0v) is 17.1. The van der Waals surface area contributed by atoms with Gasteiger partial charge in [-0.1, -0.05) is 13.0 Å². The molecule has 0 bridgehead atoms. The van der Waals surface area contributed by atoms with Crippen LogP contribution in [0.3, 0.4) is 0 Å². The Morgan fingerprint density at radius 3 is 2.58 bits per heavy atom. The van der Waals surface area contributed by atoms with E-state index >= 15 is 0 Å². The van der Waals surface area contributed by atoms with Gasteiger partial charge in [-0.15, -0.1) is 0 Å². The molecular weight excluding hydrogens is 351 g/mol. The van der Waals surface area contributed by atoms with Crippen molar-refractivity contribution >= 4 is 13.7 Å². The molecule has 0 saturated carbocycles. The van der Waals surface area contributed by atoms with Crippen LogP contribution in [0.2, 0.25) is 0 Å². The largest absolute Gasteiger partial charge is 0.504 e. The van der Waals surface area contributed by atoms with E-state index in [4.69, 9.17) is 9.26 Å². The molecule has 0 aliphatic rings. The SMILES string of the molecule is CCO[PH](=O)CC.COc1cc(C(C)Nc2cccnc2)cc(C)c1O. The fourth-order valence-electron chi connectivity index (χ4n) is 2.22. The van der Waals surface area contributed by atoms with Crippen molar-refractivity contribution in [2.24, 2.45) is 0 Å². The van der Waals surface area contributed by atoms with E-state index in [-0.39, 0.29) is 11.8 Å². The molecule has 1 aromatic carbocycles. The van der Waals surface area contributed by atoms with Gasteiger partial charge in [0.1, 0.15) is 0 Å². The molecule has 2 aromatic rings. The standard InChI is InChI=1S/C15H18N2O2.C4H11O2P/c1-10-7-12(8-14(19-3)15(10)18)11(2)17-13-5-4-6-16-9-13;1-3-6-7(5)4-2/h4-9,11,17-18H,1-3H3;7H,3-4H2,1-2H3. The van der Waals surface area contributed by atoms with Crippen molar-refractivity contribution in [3.63, 3.8) is 0 Å². The third kappa shape index (κ3) is 7.06. The summed E-state index contributed by atoms with van der Waals surface area (Å²) in [6.45, 7) is 8.19. The Balaban J connectivity index is 0.000000412. The molecule has 0 radical (unpaired) electrons. The van der Waals surface area contributed by atoms with Crippen LogP contribution in [0.1, 0.15) is 37.9 Å². The van der Waals surface area contributed by atoms with E-state index in [0.29, 0.717) is 18.5 Å². The molecule has 0 spiro atoms. The van der Waals surface area contributed by atoms with Crippen LogP contribution in [0, 0.1) is 6.92 Å². The Hall–Kier alpha value is -2.04. The lowest BCUT2D eigenvalue weighted by Gasteiger charge is -2.17. The second-order valence-corrected chi connectivity index (χ2v) is 7.39. The summed E-state index contributed by atoms with van der Waals surface area (Å²) in [7, 11) is -0.0768. The minimum atomic E-state index is -1.63. The molecule has 1 heterocycles. The van der Waals surface area contributed by atoms with Crippen LogP contribution in [0.15, 0.2) is 36.7 Å². The molecule has 2 rings (SSSR count). The second kappa shape index (κ2) is 11.6. The molecule has 26 heavy (non-hydrogen) atoms. The molecule has 0 aliphatic carbocycles. The smallest absolute Gasteiger partial charge is 0.191 e. The summed E-state index contributed by atoms with van der Waals surface area (Å²) >= 11 is 0. The van der Waals surface area contributed by atoms with Crippen molar-refractivity contribution in [3.05, 3.63) is 47.8 Å². The summed E-state index contributed by atoms with van der Waals surface area (Å²) in [5.74, 6) is 0.690. The van der Waals surface area contributed by atoms with E-state index in [1.807, 2.05) is 45.0 Å². The van der Waals surface area contributed by atoms with Crippen molar-refractivity contribution in [1.82, 2.24) is 4.98 Å². The highest BCUT2D eigenvalue weighted by Crippen LogP contribution is 2.33. The zero-order valence-electron chi connectivity index (χ0n) is 16.1. The lowest BCUT2D eigenvalue weighted by molar-refractivity contribution is 0.351. The molecule has 7 heteroatoms. The van der Waals surface area contributed by atoms with Gasteiger partial charge >= 0.3 is 0 Å². The molecule has 0 fully saturated rings. The summed E-state index contributed by atoms with van der Waals surface area (Å²) < 4.78 is 20.3. The molecule has 144 valence electrons. The second-order valence-electron chi connectivity index (χ2n) is 5.65. The lowest BCUT2D eigenvalue weighted by Crippen LogP contribution is -2.07. The first-order chi connectivity index (χ1) is 12.4. The number of phenolic OH excluding ortho intramolecular Hbond substituents is 1. The molecule has 2 N–H and O–H groups in total. The Labute approximate surface area is 156 Å². The van der Waals surface area contributed by atoms with Gasteiger partial charge in [-0.25, -0.2) is 0 Å². The van der Waals surface area contributed by atoms with Gasteiger partial charge < -0.3 is 19.7 Å². The number of aromatic hydroxyl groups is 1. The topological polar surface area (TPSA) is 80.7 Å². The summed E-state index contributed by atoms with van der Waals surface area (Å²) in [5.41, 5.74) is 2.81. The first kappa shape index (κ1) is 22.0. The number of nitrogens with zero attached hydrogens (tertiary/aromatic N) is 1. The average molecular weight is 380 g/mol. The predicted molar refractivity (Wildman–Crippen MR) is 107 cm³/mol. The van der Waals surface area contributed by atoms with Gasteiger partial charge in [0, 0.05) is 24.6 Å². The van der Waals surface area contributed by atoms with Gasteiger partial charge in [0.2, 0.25) is 0 Å². The van der Waals surface area contributed by atoms with Crippen molar-refractivity contribution in [1.29, 1.82) is 0 Å². The molecule has 6 nitrogen and oxygen atoms in total. The maximum absolute atomic E-state index is 10.4. The molecule has 0 amide bonds. The van der Waals surface area contributed by atoms with Gasteiger partial charge in [0.25, 0.3) is 0 Å². The highest BCUT2D eigenvalue weighted by molar-refractivity contribution is 7.39. The molecule has 2 unspecified atom stereocenters. The number of phenols is 1. The summed E-state index contributed by atoms with van der Waals surface area (Å²) in [4.78, 5) is 4.07. The van der Waals surface area contributed by atoms with Crippen molar-refractivity contribution in [2.75, 3.05) is 25.2 Å². The number of hydrogen-bond donors (Lipinski definition) is 2. The van der Waals surface area contributed by atoms with Crippen LogP contribution in [0.5, 0.6) is 11.5 Å². The van der Waals surface area contributed by atoms with E-state index in [2.05, 4.69) is 17.2 Å². The van der Waals surface area contributed by atoms with E-state index in [9.17, 15) is 9.67 Å². The predicted octanol–water partition coefficient (Wildman–Crippen LogP) is 4.79. The number of benzene rings is 1. The molecule has 1 aromatic heterocycles. The number of anilines is 1. The van der Waals surface area contributed by atoms with Gasteiger partial charge in [0.15, 0.2) is 19.5 Å². The van der Waals surface area contributed by atoms with Gasteiger partial charge in [-0.3, -0.25) is 9.55 Å². The number of methoxy groups -OCH3 is 1. The molecule has 0 saturated heterocycles. The number of hydrogen-bond acceptors (Lipinski definition) is 6. The van der Waals surface area contributed by atoms with Crippen molar-refractivity contribution < 1.29 is 18.9 Å². The summed E-state index contributed by atoms with van der Waals surface area (Å²) in [6, 6.07) is 7.74. The number of ether oxygens (including phenoxy) is 1. The van der Waals surface area contributed by atoms with Crippen LogP contribution >= 0.6 is 8.03 Å². The Morgan fingerprint density at radius 2 is 2.08 bits per heavy atom. The normalized spacial score (nSPS) is 12.5. The van der Waals surface area contributed by atoms with Gasteiger partial charge in [0.05, 0.1) is 19.4 Å². The quantitative estimate of drug-likeness (QED) is 0.672. The number of nitrogens with one attached hydrogen (secondary N) is 1. The third-order valence-corrected chi connectivity index (χ3v) is 4.83. The number of aryl methyl sites for hydroxylation is 1. The van der Waals surface area contributed by atoms with Gasteiger partial charge in [-0.2, -0.15) is 0 Å². The van der Waals surface area contributed by atoms with Crippen molar-refractivity contribution in [3.8, 4) is 11.5 Å².